The summed E-state index contributed by atoms with van der Waals surface area (Å²) < 4.78 is 22.2. The van der Waals surface area contributed by atoms with Crippen LogP contribution in [0.15, 0.2) is 84.9 Å². The van der Waals surface area contributed by atoms with Crippen molar-refractivity contribution in [1.29, 1.82) is 0 Å². The van der Waals surface area contributed by atoms with E-state index in [1.54, 1.807) is 35.2 Å². The Kier molecular flexibility index (Phi) is 10.3. The van der Waals surface area contributed by atoms with E-state index in [2.05, 4.69) is 12.1 Å². The lowest BCUT2D eigenvalue weighted by Gasteiger charge is -2.24. The molecule has 0 heterocycles. The zero-order valence-corrected chi connectivity index (χ0v) is 24.4. The van der Waals surface area contributed by atoms with Crippen molar-refractivity contribution in [3.8, 4) is 28.7 Å². The Labute approximate surface area is 250 Å². The molecule has 4 aromatic rings. The highest BCUT2D eigenvalue weighted by atomic mass is 35.5. The van der Waals surface area contributed by atoms with Gasteiger partial charge in [0.05, 0.1) is 21.3 Å². The first-order valence-electron chi connectivity index (χ1n) is 13.3. The van der Waals surface area contributed by atoms with E-state index < -0.39 is 5.97 Å². The van der Waals surface area contributed by atoms with Gasteiger partial charge in [-0.3, -0.25) is 4.79 Å². The largest absolute Gasteiger partial charge is 0.493 e. The molecule has 0 unspecified atom stereocenters. The maximum Gasteiger partial charge on any atom is 0.339 e. The highest BCUT2D eigenvalue weighted by Gasteiger charge is 2.22. The third-order valence-corrected chi connectivity index (χ3v) is 6.87. The summed E-state index contributed by atoms with van der Waals surface area (Å²) in [6, 6.07) is 25.0. The second-order valence-corrected chi connectivity index (χ2v) is 9.86. The van der Waals surface area contributed by atoms with Gasteiger partial charge in [-0.1, -0.05) is 54.1 Å². The molecule has 0 bridgehead atoms. The monoisotopic (exact) mass is 589 g/mol. The Bertz CT molecular complexity index is 1500. The molecule has 0 fully saturated rings. The molecule has 0 aliphatic carbocycles. The molecule has 0 atom stereocenters. The summed E-state index contributed by atoms with van der Waals surface area (Å²) >= 11 is 5.95. The van der Waals surface area contributed by atoms with Crippen LogP contribution in [0.3, 0.4) is 0 Å². The summed E-state index contributed by atoms with van der Waals surface area (Å²) in [5.41, 5.74) is 2.44. The van der Waals surface area contributed by atoms with E-state index in [0.29, 0.717) is 46.7 Å². The third-order valence-electron chi connectivity index (χ3n) is 6.63. The molecule has 1 N–H and O–H groups in total. The number of benzene rings is 4. The summed E-state index contributed by atoms with van der Waals surface area (Å²) in [6.45, 7) is 0.848. The summed E-state index contributed by atoms with van der Waals surface area (Å²) in [7, 11) is 4.53. The number of halogens is 1. The molecule has 0 spiro atoms. The predicted octanol–water partition coefficient (Wildman–Crippen LogP) is 7.13. The van der Waals surface area contributed by atoms with Gasteiger partial charge in [0.2, 0.25) is 5.75 Å². The number of hydrogen-bond acceptors (Lipinski definition) is 6. The smallest absolute Gasteiger partial charge is 0.339 e. The van der Waals surface area contributed by atoms with Crippen molar-refractivity contribution in [2.24, 2.45) is 0 Å². The third kappa shape index (κ3) is 7.53. The number of carbonyl (C=O) groups excluding carboxylic acids is 1. The molecule has 42 heavy (non-hydrogen) atoms. The van der Waals surface area contributed by atoms with Gasteiger partial charge in [0, 0.05) is 23.7 Å². The van der Waals surface area contributed by atoms with Gasteiger partial charge in [-0.2, -0.15) is 0 Å². The maximum absolute atomic E-state index is 13.8. The lowest BCUT2D eigenvalue weighted by Crippen LogP contribution is -2.32. The van der Waals surface area contributed by atoms with Crippen molar-refractivity contribution in [3.63, 3.8) is 0 Å². The van der Waals surface area contributed by atoms with Crippen molar-refractivity contribution in [2.75, 3.05) is 27.9 Å². The molecular weight excluding hydrogens is 558 g/mol. The normalized spacial score (nSPS) is 10.6. The number of aryl methyl sites for hydroxylation is 1. The van der Waals surface area contributed by atoms with Gasteiger partial charge in [-0.15, -0.1) is 0 Å². The molecule has 218 valence electrons. The van der Waals surface area contributed by atoms with Crippen LogP contribution in [0.1, 0.15) is 38.3 Å². The maximum atomic E-state index is 13.8. The van der Waals surface area contributed by atoms with Crippen LogP contribution in [0.2, 0.25) is 5.02 Å². The van der Waals surface area contributed by atoms with Crippen LogP contribution in [-0.2, 0) is 13.0 Å². The van der Waals surface area contributed by atoms with Crippen molar-refractivity contribution < 1.29 is 33.6 Å². The molecule has 8 nitrogen and oxygen atoms in total. The van der Waals surface area contributed by atoms with Gasteiger partial charge in [-0.05, 0) is 66.4 Å². The lowest BCUT2D eigenvalue weighted by molar-refractivity contribution is 0.0692. The first-order chi connectivity index (χ1) is 20.3. The number of carboxylic acid groups (broad SMARTS) is 1. The Morgan fingerprint density at radius 3 is 2.05 bits per heavy atom. The molecule has 0 aliphatic rings. The van der Waals surface area contributed by atoms with E-state index in [4.69, 9.17) is 30.5 Å². The number of methoxy groups -OCH3 is 3. The molecule has 0 saturated heterocycles. The molecule has 0 aliphatic heterocycles. The summed E-state index contributed by atoms with van der Waals surface area (Å²) in [5, 5.41) is 9.80. The van der Waals surface area contributed by atoms with E-state index in [1.807, 2.05) is 30.3 Å². The number of rotatable bonds is 13. The average Bonchev–Trinajstić information content (AvgIpc) is 3.01. The fourth-order valence-corrected chi connectivity index (χ4v) is 4.70. The predicted molar refractivity (Wildman–Crippen MR) is 161 cm³/mol. The summed E-state index contributed by atoms with van der Waals surface area (Å²) in [5.74, 6) is 0.516. The number of hydrogen-bond donors (Lipinski definition) is 1. The molecular formula is C33H32ClNO7. The molecule has 4 rings (SSSR count). The van der Waals surface area contributed by atoms with Gasteiger partial charge in [0.15, 0.2) is 11.5 Å². The van der Waals surface area contributed by atoms with Crippen molar-refractivity contribution in [1.82, 2.24) is 4.90 Å². The molecule has 1 amide bonds. The van der Waals surface area contributed by atoms with Crippen molar-refractivity contribution in [3.05, 3.63) is 112 Å². The van der Waals surface area contributed by atoms with E-state index in [0.717, 1.165) is 18.4 Å². The SMILES string of the molecule is COc1cc(C(=O)N(CCCc2ccccc2)Cc2ccc(Oc3ccc(Cl)cc3C(=O)O)cc2)cc(OC)c1OC. The molecule has 0 aromatic heterocycles. The Hall–Kier alpha value is -4.69. The first kappa shape index (κ1) is 30.3. The fourth-order valence-electron chi connectivity index (χ4n) is 4.53. The van der Waals surface area contributed by atoms with Gasteiger partial charge in [0.1, 0.15) is 17.1 Å². The molecule has 4 aromatic carbocycles. The number of carboxylic acids is 1. The van der Waals surface area contributed by atoms with E-state index in [9.17, 15) is 14.7 Å². The van der Waals surface area contributed by atoms with Crippen LogP contribution in [0.25, 0.3) is 0 Å². The highest BCUT2D eigenvalue weighted by molar-refractivity contribution is 6.31. The standard InChI is InChI=1S/C33H32ClNO7/c1-39-29-18-24(19-30(40-2)31(29)41-3)32(36)35(17-7-10-22-8-5-4-6-9-22)21-23-11-14-26(15-12-23)42-28-16-13-25(34)20-27(28)33(37)38/h4-6,8-9,11-16,18-20H,7,10,17,21H2,1-3H3,(H,37,38). The fraction of sp³-hybridized carbons (Fsp3) is 0.212. The minimum atomic E-state index is -1.14. The Balaban J connectivity index is 1.56. The van der Waals surface area contributed by atoms with Gasteiger partial charge in [-0.25, -0.2) is 4.79 Å². The van der Waals surface area contributed by atoms with Crippen LogP contribution in [0.4, 0.5) is 0 Å². The lowest BCUT2D eigenvalue weighted by atomic mass is 10.1. The zero-order chi connectivity index (χ0) is 30.1. The topological polar surface area (TPSA) is 94.5 Å². The minimum absolute atomic E-state index is 0.0351. The van der Waals surface area contributed by atoms with E-state index in [-0.39, 0.29) is 17.2 Å². The number of ether oxygens (including phenoxy) is 4. The number of nitrogens with zero attached hydrogens (tertiary/aromatic N) is 1. The highest BCUT2D eigenvalue weighted by Crippen LogP contribution is 2.38. The van der Waals surface area contributed by atoms with Crippen LogP contribution >= 0.6 is 11.6 Å². The molecule has 9 heteroatoms. The van der Waals surface area contributed by atoms with Gasteiger partial charge in [0.25, 0.3) is 5.91 Å². The second kappa shape index (κ2) is 14.3. The van der Waals surface area contributed by atoms with Crippen LogP contribution in [0.5, 0.6) is 28.7 Å². The van der Waals surface area contributed by atoms with Gasteiger partial charge < -0.3 is 29.0 Å². The Morgan fingerprint density at radius 1 is 0.786 bits per heavy atom. The number of carbonyl (C=O) groups is 2. The molecule has 0 saturated carbocycles. The summed E-state index contributed by atoms with van der Waals surface area (Å²) in [6.07, 6.45) is 1.58. The van der Waals surface area contributed by atoms with Crippen molar-refractivity contribution in [2.45, 2.75) is 19.4 Å². The zero-order valence-electron chi connectivity index (χ0n) is 23.6. The Morgan fingerprint density at radius 2 is 1.45 bits per heavy atom. The average molecular weight is 590 g/mol. The summed E-state index contributed by atoms with van der Waals surface area (Å²) in [4.78, 5) is 27.2. The van der Waals surface area contributed by atoms with Crippen molar-refractivity contribution >= 4 is 23.5 Å². The van der Waals surface area contributed by atoms with E-state index >= 15 is 0 Å². The number of aromatic carboxylic acids is 1. The molecule has 0 radical (unpaired) electrons. The number of amides is 1. The quantitative estimate of drug-likeness (QED) is 0.177. The van der Waals surface area contributed by atoms with Crippen LogP contribution < -0.4 is 18.9 Å². The van der Waals surface area contributed by atoms with Crippen LogP contribution in [0, 0.1) is 0 Å². The van der Waals surface area contributed by atoms with Gasteiger partial charge >= 0.3 is 5.97 Å². The van der Waals surface area contributed by atoms with Crippen LogP contribution in [-0.4, -0.2) is 49.8 Å². The van der Waals surface area contributed by atoms with E-state index in [1.165, 1.54) is 39.0 Å². The second-order valence-electron chi connectivity index (χ2n) is 9.42. The minimum Gasteiger partial charge on any atom is -0.493 e. The first-order valence-corrected chi connectivity index (χ1v) is 13.6.